The molecule has 0 saturated carbocycles. The minimum Gasteiger partial charge on any atom is -0.462 e. The number of unbranched alkanes of at least 4 members (excludes halogenated alkanes) is 44. The average molecular weight is 1500 g/mol. The van der Waals surface area contributed by atoms with Gasteiger partial charge in [0.25, 0.3) is 0 Å². The Bertz CT molecular complexity index is 2090. The zero-order chi connectivity index (χ0) is 75.8. The predicted octanol–water partition coefficient (Wildman–Crippen LogP) is 24.9. The Kier molecular flexibility index (Phi) is 71.9. The molecule has 103 heavy (non-hydrogen) atoms. The summed E-state index contributed by atoms with van der Waals surface area (Å²) >= 11 is 0. The molecule has 4 unspecified atom stereocenters. The van der Waals surface area contributed by atoms with Crippen LogP contribution in [0.3, 0.4) is 0 Å². The molecule has 0 radical (unpaired) electrons. The van der Waals surface area contributed by atoms with Crippen LogP contribution in [0.4, 0.5) is 0 Å². The third kappa shape index (κ3) is 76.1. The van der Waals surface area contributed by atoms with Gasteiger partial charge in [0.2, 0.25) is 0 Å². The van der Waals surface area contributed by atoms with E-state index in [1.165, 1.54) is 205 Å². The molecule has 0 aliphatic carbocycles. The fourth-order valence-electron chi connectivity index (χ4n) is 12.4. The molecule has 0 amide bonds. The number of rotatable bonds is 80. The van der Waals surface area contributed by atoms with Crippen molar-refractivity contribution in [1.82, 2.24) is 0 Å². The minimum atomic E-state index is -4.97. The van der Waals surface area contributed by atoms with Crippen molar-refractivity contribution >= 4 is 39.5 Å². The SMILES string of the molecule is CCCCCC/C=C\C=C/CCCCCCCC(=O)O[C@H](COC(=O)CCCCCCCCCCCCCCCCC(C)CC)COP(=O)(O)OCC(O)COP(=O)(O)OC[C@@H](COC(=O)CCCCCCCCC(C)C)OC(=O)CCCCCCCCCCCCCCCCCCCCC(C)C. The summed E-state index contributed by atoms with van der Waals surface area (Å²) in [6.45, 7) is 11.9. The predicted molar refractivity (Wildman–Crippen MR) is 423 cm³/mol. The zero-order valence-electron chi connectivity index (χ0n) is 67.3. The van der Waals surface area contributed by atoms with E-state index < -0.39 is 97.5 Å². The van der Waals surface area contributed by atoms with Crippen molar-refractivity contribution in [1.29, 1.82) is 0 Å². The Hall–Kier alpha value is -2.46. The standard InChI is InChI=1S/C84H160O17P2/c1-8-10-11-12-13-14-15-16-21-29-34-39-44-53-60-67-83(88)100-79(71-94-81(86)65-58-51-43-38-33-28-25-24-27-32-37-42-50-57-64-77(7)9-2)73-98-102(90,91)96-69-78(85)70-97-103(92,93)99-74-80(72-95-82(87)66-59-52-47-46-49-56-63-76(5)6)101-84(89)68-61-54-45-40-35-30-23-20-18-17-19-22-26-31-36-41-48-55-62-75(3)4/h14-16,21,75-80,85H,8-13,17-20,22-74H2,1-7H3,(H,90,91)(H,92,93)/b15-14-,21-16-/t77?,78?,79-,80-/m1/s1. The molecule has 0 aromatic carbocycles. The molecule has 0 rings (SSSR count). The van der Waals surface area contributed by atoms with E-state index in [1.807, 2.05) is 0 Å². The largest absolute Gasteiger partial charge is 0.472 e. The van der Waals surface area contributed by atoms with Crippen LogP contribution in [-0.4, -0.2) is 96.7 Å². The summed E-state index contributed by atoms with van der Waals surface area (Å²) in [5.41, 5.74) is 0. The maximum atomic E-state index is 13.1. The highest BCUT2D eigenvalue weighted by Crippen LogP contribution is 2.45. The molecule has 0 fully saturated rings. The van der Waals surface area contributed by atoms with Crippen molar-refractivity contribution in [3.8, 4) is 0 Å². The Morgan fingerprint density at radius 3 is 0.864 bits per heavy atom. The van der Waals surface area contributed by atoms with Crippen molar-refractivity contribution < 1.29 is 80.2 Å². The molecule has 0 aromatic heterocycles. The summed E-state index contributed by atoms with van der Waals surface area (Å²) < 4.78 is 68.7. The number of carbonyl (C=O) groups is 4. The molecular weight excluding hydrogens is 1340 g/mol. The van der Waals surface area contributed by atoms with Crippen molar-refractivity contribution in [2.24, 2.45) is 17.8 Å². The van der Waals surface area contributed by atoms with Crippen LogP contribution in [0, 0.1) is 17.8 Å². The maximum Gasteiger partial charge on any atom is 0.472 e. The number of allylic oxidation sites excluding steroid dienone is 4. The molecule has 0 saturated heterocycles. The van der Waals surface area contributed by atoms with Gasteiger partial charge in [0.1, 0.15) is 19.3 Å². The van der Waals surface area contributed by atoms with Gasteiger partial charge in [0.05, 0.1) is 26.4 Å². The lowest BCUT2D eigenvalue weighted by atomic mass is 9.99. The summed E-state index contributed by atoms with van der Waals surface area (Å²) in [6, 6.07) is 0. The van der Waals surface area contributed by atoms with Crippen LogP contribution in [0.15, 0.2) is 24.3 Å². The van der Waals surface area contributed by atoms with Gasteiger partial charge in [-0.3, -0.25) is 37.3 Å². The smallest absolute Gasteiger partial charge is 0.462 e. The fraction of sp³-hybridized carbons (Fsp3) is 0.905. The Morgan fingerprint density at radius 2 is 0.573 bits per heavy atom. The van der Waals surface area contributed by atoms with Crippen LogP contribution in [0.2, 0.25) is 0 Å². The van der Waals surface area contributed by atoms with Gasteiger partial charge >= 0.3 is 39.5 Å². The molecule has 0 spiro atoms. The number of ether oxygens (including phenoxy) is 4. The van der Waals surface area contributed by atoms with Gasteiger partial charge in [-0.05, 0) is 69.1 Å². The van der Waals surface area contributed by atoms with E-state index in [9.17, 15) is 43.2 Å². The average Bonchev–Trinajstić information content (AvgIpc) is 0.911. The number of phosphoric acid groups is 2. The second-order valence-corrected chi connectivity index (χ2v) is 33.6. The van der Waals surface area contributed by atoms with Crippen LogP contribution in [0.5, 0.6) is 0 Å². The van der Waals surface area contributed by atoms with Crippen molar-refractivity contribution in [2.75, 3.05) is 39.6 Å². The number of phosphoric ester groups is 2. The van der Waals surface area contributed by atoms with Crippen LogP contribution in [0.1, 0.15) is 414 Å². The van der Waals surface area contributed by atoms with E-state index in [2.05, 4.69) is 72.8 Å². The number of hydrogen-bond donors (Lipinski definition) is 3. The topological polar surface area (TPSA) is 237 Å². The lowest BCUT2D eigenvalue weighted by Crippen LogP contribution is -2.30. The molecule has 0 aliphatic rings. The van der Waals surface area contributed by atoms with Crippen molar-refractivity contribution in [3.63, 3.8) is 0 Å². The van der Waals surface area contributed by atoms with Gasteiger partial charge in [-0.25, -0.2) is 9.13 Å². The van der Waals surface area contributed by atoms with E-state index in [0.717, 1.165) is 121 Å². The second-order valence-electron chi connectivity index (χ2n) is 30.7. The van der Waals surface area contributed by atoms with Crippen LogP contribution >= 0.6 is 15.6 Å². The maximum absolute atomic E-state index is 13.1. The molecule has 0 aliphatic heterocycles. The van der Waals surface area contributed by atoms with Gasteiger partial charge in [-0.1, -0.05) is 362 Å². The van der Waals surface area contributed by atoms with E-state index in [1.54, 1.807) is 0 Å². The summed E-state index contributed by atoms with van der Waals surface area (Å²) in [4.78, 5) is 73.0. The zero-order valence-corrected chi connectivity index (χ0v) is 69.1. The highest BCUT2D eigenvalue weighted by molar-refractivity contribution is 7.47. The van der Waals surface area contributed by atoms with Crippen LogP contribution in [-0.2, 0) is 65.4 Å². The number of aliphatic hydroxyl groups excluding tert-OH is 1. The first kappa shape index (κ1) is 101. The molecule has 19 heteroatoms. The summed E-state index contributed by atoms with van der Waals surface area (Å²) in [5, 5.41) is 10.6. The normalized spacial score (nSPS) is 14.3. The summed E-state index contributed by atoms with van der Waals surface area (Å²) in [7, 11) is -9.94. The van der Waals surface area contributed by atoms with Crippen LogP contribution in [0.25, 0.3) is 0 Å². The highest BCUT2D eigenvalue weighted by Gasteiger charge is 2.30. The number of aliphatic hydroxyl groups is 1. The Balaban J connectivity index is 5.22. The van der Waals surface area contributed by atoms with E-state index in [-0.39, 0.29) is 25.7 Å². The van der Waals surface area contributed by atoms with E-state index in [0.29, 0.717) is 31.6 Å². The molecule has 0 bridgehead atoms. The summed E-state index contributed by atoms with van der Waals surface area (Å²) in [5.74, 6) is 0.204. The van der Waals surface area contributed by atoms with Gasteiger partial charge in [-0.15, -0.1) is 0 Å². The van der Waals surface area contributed by atoms with Crippen molar-refractivity contribution in [3.05, 3.63) is 24.3 Å². The molecule has 6 atom stereocenters. The van der Waals surface area contributed by atoms with Crippen LogP contribution < -0.4 is 0 Å². The lowest BCUT2D eigenvalue weighted by molar-refractivity contribution is -0.161. The quantitative estimate of drug-likeness (QED) is 0.0169. The van der Waals surface area contributed by atoms with Gasteiger partial charge in [0.15, 0.2) is 12.2 Å². The first-order chi connectivity index (χ1) is 49.8. The molecule has 17 nitrogen and oxygen atoms in total. The first-order valence-corrected chi connectivity index (χ1v) is 45.7. The van der Waals surface area contributed by atoms with Gasteiger partial charge < -0.3 is 33.8 Å². The van der Waals surface area contributed by atoms with Crippen molar-refractivity contribution in [2.45, 2.75) is 433 Å². The molecular formula is C84H160O17P2. The molecule has 3 N–H and O–H groups in total. The third-order valence-electron chi connectivity index (χ3n) is 19.4. The van der Waals surface area contributed by atoms with E-state index >= 15 is 0 Å². The van der Waals surface area contributed by atoms with Gasteiger partial charge in [-0.2, -0.15) is 0 Å². The monoisotopic (exact) mass is 1500 g/mol. The highest BCUT2D eigenvalue weighted by atomic mass is 31.2. The lowest BCUT2D eigenvalue weighted by Gasteiger charge is -2.21. The number of hydrogen-bond acceptors (Lipinski definition) is 15. The molecule has 0 heterocycles. The first-order valence-electron chi connectivity index (χ1n) is 42.7. The van der Waals surface area contributed by atoms with Gasteiger partial charge in [0, 0.05) is 25.7 Å². The number of esters is 4. The third-order valence-corrected chi connectivity index (χ3v) is 21.3. The Morgan fingerprint density at radius 1 is 0.320 bits per heavy atom. The molecule has 608 valence electrons. The minimum absolute atomic E-state index is 0.0851. The fourth-order valence-corrected chi connectivity index (χ4v) is 14.0. The van der Waals surface area contributed by atoms with E-state index in [4.69, 9.17) is 37.0 Å². The molecule has 0 aromatic rings. The Labute approximate surface area is 631 Å². The summed E-state index contributed by atoms with van der Waals surface area (Å²) in [6.07, 6.45) is 66.2. The number of carbonyl (C=O) groups excluding carboxylic acids is 4. The second kappa shape index (κ2) is 73.7.